The van der Waals surface area contributed by atoms with Gasteiger partial charge in [0.15, 0.2) is 0 Å². The minimum absolute atomic E-state index is 0.0273. The predicted octanol–water partition coefficient (Wildman–Crippen LogP) is 4.38. The van der Waals surface area contributed by atoms with Crippen molar-refractivity contribution >= 4 is 0 Å². The Morgan fingerprint density at radius 1 is 1.25 bits per heavy atom. The van der Waals surface area contributed by atoms with Gasteiger partial charge in [0.1, 0.15) is 12.4 Å². The Morgan fingerprint density at radius 3 is 2.75 bits per heavy atom. The molecular weight excluding hydrogens is 350 g/mol. The van der Waals surface area contributed by atoms with Crippen molar-refractivity contribution in [1.29, 1.82) is 0 Å². The second-order valence-electron chi connectivity index (χ2n) is 8.85. The van der Waals surface area contributed by atoms with Crippen LogP contribution in [0.4, 0.5) is 0 Å². The van der Waals surface area contributed by atoms with Crippen LogP contribution in [0.25, 0.3) is 5.69 Å². The lowest BCUT2D eigenvalue weighted by atomic mass is 9.84. The third-order valence-corrected chi connectivity index (χ3v) is 5.85. The predicted molar refractivity (Wildman–Crippen MR) is 112 cm³/mol. The van der Waals surface area contributed by atoms with Gasteiger partial charge in [-0.15, -0.1) is 5.10 Å². The fourth-order valence-electron chi connectivity index (χ4n) is 3.77. The molecule has 0 unspecified atom stereocenters. The highest BCUT2D eigenvalue weighted by atomic mass is 16.5. The third-order valence-electron chi connectivity index (χ3n) is 5.85. The number of pyridine rings is 1. The molecule has 154 valence electrons. The van der Waals surface area contributed by atoms with Crippen LogP contribution in [0.2, 0.25) is 0 Å². The molecule has 0 aromatic carbocycles. The zero-order chi connectivity index (χ0) is 20.1. The summed E-state index contributed by atoms with van der Waals surface area (Å²) >= 11 is 0. The van der Waals surface area contributed by atoms with Gasteiger partial charge in [0, 0.05) is 30.1 Å². The second kappa shape index (κ2) is 9.03. The van der Waals surface area contributed by atoms with Crippen molar-refractivity contribution in [3.63, 3.8) is 0 Å². The summed E-state index contributed by atoms with van der Waals surface area (Å²) in [6.07, 6.45) is 11.6. The molecule has 1 saturated heterocycles. The van der Waals surface area contributed by atoms with E-state index in [-0.39, 0.29) is 5.41 Å². The van der Waals surface area contributed by atoms with E-state index < -0.39 is 0 Å². The van der Waals surface area contributed by atoms with Crippen LogP contribution in [0, 0.1) is 0 Å². The first-order valence-corrected chi connectivity index (χ1v) is 10.7. The minimum atomic E-state index is 0.0273. The van der Waals surface area contributed by atoms with Gasteiger partial charge >= 0.3 is 0 Å². The molecule has 0 aliphatic carbocycles. The van der Waals surface area contributed by atoms with Gasteiger partial charge in [-0.2, -0.15) is 0 Å². The lowest BCUT2D eigenvalue weighted by molar-refractivity contribution is 0.0241. The zero-order valence-electron chi connectivity index (χ0n) is 18.1. The number of hydrogen-bond acceptors (Lipinski definition) is 5. The van der Waals surface area contributed by atoms with Crippen LogP contribution in [0.5, 0.6) is 5.75 Å². The van der Waals surface area contributed by atoms with Crippen molar-refractivity contribution in [1.82, 2.24) is 24.9 Å². The number of hydrogen-bond donors (Lipinski definition) is 0. The summed E-state index contributed by atoms with van der Waals surface area (Å²) in [4.78, 5) is 6.82. The lowest BCUT2D eigenvalue weighted by Crippen LogP contribution is -2.54. The number of aromatic nitrogens is 4. The molecule has 3 heterocycles. The van der Waals surface area contributed by atoms with E-state index in [2.05, 4.69) is 54.8 Å². The molecule has 0 saturated carbocycles. The van der Waals surface area contributed by atoms with E-state index in [1.54, 1.807) is 17.1 Å². The van der Waals surface area contributed by atoms with Gasteiger partial charge in [-0.3, -0.25) is 9.88 Å². The number of unbranched alkanes of at least 4 members (excludes halogenated alkanes) is 2. The fourth-order valence-corrected chi connectivity index (χ4v) is 3.77. The topological polar surface area (TPSA) is 56.1 Å². The zero-order valence-corrected chi connectivity index (χ0v) is 18.1. The molecule has 3 rings (SSSR count). The van der Waals surface area contributed by atoms with Crippen LogP contribution < -0.4 is 4.74 Å². The van der Waals surface area contributed by atoms with Crippen LogP contribution >= 0.6 is 0 Å². The van der Waals surface area contributed by atoms with Gasteiger partial charge in [0.05, 0.1) is 30.0 Å². The Bertz CT molecular complexity index is 755. The summed E-state index contributed by atoms with van der Waals surface area (Å²) in [7, 11) is 0. The average Bonchev–Trinajstić information content (AvgIpc) is 3.12. The van der Waals surface area contributed by atoms with E-state index in [1.165, 1.54) is 32.2 Å². The van der Waals surface area contributed by atoms with E-state index in [1.807, 2.05) is 12.3 Å². The molecule has 2 aromatic rings. The van der Waals surface area contributed by atoms with Gasteiger partial charge in [-0.25, -0.2) is 4.68 Å². The maximum absolute atomic E-state index is 6.03. The first-order valence-electron chi connectivity index (χ1n) is 10.7. The van der Waals surface area contributed by atoms with Gasteiger partial charge in [0.25, 0.3) is 0 Å². The molecule has 1 atom stereocenters. The number of likely N-dealkylation sites (tertiary alicyclic amines) is 1. The summed E-state index contributed by atoms with van der Waals surface area (Å²) in [5, 5.41) is 8.78. The highest BCUT2D eigenvalue weighted by molar-refractivity contribution is 5.35. The molecule has 6 nitrogen and oxygen atoms in total. The summed E-state index contributed by atoms with van der Waals surface area (Å²) < 4.78 is 7.83. The van der Waals surface area contributed by atoms with Gasteiger partial charge in [-0.1, -0.05) is 45.2 Å². The fraction of sp³-hybridized carbons (Fsp3) is 0.682. The van der Waals surface area contributed by atoms with Crippen LogP contribution in [0.3, 0.4) is 0 Å². The smallest absolute Gasteiger partial charge is 0.139 e. The second-order valence-corrected chi connectivity index (χ2v) is 8.85. The molecule has 0 radical (unpaired) electrons. The number of ether oxygens (including phenoxy) is 1. The molecule has 1 fully saturated rings. The highest BCUT2D eigenvalue weighted by Crippen LogP contribution is 2.28. The summed E-state index contributed by atoms with van der Waals surface area (Å²) in [5.74, 6) is 0.785. The molecule has 0 bridgehead atoms. The molecule has 0 spiro atoms. The SMILES string of the molecule is CCCCCC(C)(C)c1cn(-c2cncc(OC[C@@H]3CCN3C(C)C)c2)nn1. The molecule has 2 aromatic heterocycles. The number of rotatable bonds is 10. The van der Waals surface area contributed by atoms with E-state index in [4.69, 9.17) is 4.74 Å². The highest BCUT2D eigenvalue weighted by Gasteiger charge is 2.30. The third kappa shape index (κ3) is 4.90. The van der Waals surface area contributed by atoms with Gasteiger partial charge < -0.3 is 4.74 Å². The van der Waals surface area contributed by atoms with Crippen molar-refractivity contribution in [2.45, 2.75) is 84.2 Å². The van der Waals surface area contributed by atoms with Crippen molar-refractivity contribution in [2.24, 2.45) is 0 Å². The van der Waals surface area contributed by atoms with E-state index in [0.717, 1.165) is 23.6 Å². The quantitative estimate of drug-likeness (QED) is 0.568. The molecule has 0 N–H and O–H groups in total. The largest absolute Gasteiger partial charge is 0.490 e. The van der Waals surface area contributed by atoms with Crippen molar-refractivity contribution in [2.75, 3.05) is 13.2 Å². The summed E-state index contributed by atoms with van der Waals surface area (Å²) in [6, 6.07) is 3.07. The molecular formula is C22H35N5O. The lowest BCUT2D eigenvalue weighted by Gasteiger charge is -2.43. The Hall–Kier alpha value is -1.95. The summed E-state index contributed by atoms with van der Waals surface area (Å²) in [6.45, 7) is 13.1. The van der Waals surface area contributed by atoms with Gasteiger partial charge in [-0.05, 0) is 26.7 Å². The van der Waals surface area contributed by atoms with Crippen molar-refractivity contribution < 1.29 is 4.74 Å². The molecule has 6 heteroatoms. The van der Waals surface area contributed by atoms with Crippen LogP contribution in [-0.4, -0.2) is 50.1 Å². The minimum Gasteiger partial charge on any atom is -0.490 e. The van der Waals surface area contributed by atoms with Crippen molar-refractivity contribution in [3.05, 3.63) is 30.4 Å². The Kier molecular flexibility index (Phi) is 6.70. The maximum atomic E-state index is 6.03. The van der Waals surface area contributed by atoms with Crippen LogP contribution in [0.1, 0.15) is 72.4 Å². The van der Waals surface area contributed by atoms with Gasteiger partial charge in [0.2, 0.25) is 0 Å². The molecule has 28 heavy (non-hydrogen) atoms. The van der Waals surface area contributed by atoms with E-state index in [0.29, 0.717) is 18.7 Å². The van der Waals surface area contributed by atoms with Crippen LogP contribution in [0.15, 0.2) is 24.7 Å². The molecule has 1 aliphatic rings. The molecule has 1 aliphatic heterocycles. The Labute approximate surface area is 169 Å². The summed E-state index contributed by atoms with van der Waals surface area (Å²) in [5.41, 5.74) is 1.94. The molecule has 0 amide bonds. The first-order chi connectivity index (χ1) is 13.4. The average molecular weight is 386 g/mol. The monoisotopic (exact) mass is 385 g/mol. The number of nitrogens with zero attached hydrogens (tertiary/aromatic N) is 5. The Morgan fingerprint density at radius 2 is 2.07 bits per heavy atom. The maximum Gasteiger partial charge on any atom is 0.139 e. The standard InChI is InChI=1S/C22H35N5O/c1-6-7-8-10-22(4,5)21-15-27(25-24-21)19-12-20(14-23-13-19)28-16-18-9-11-26(18)17(2)3/h12-15,17-18H,6-11,16H2,1-5H3/t18-/m0/s1. The normalized spacial score (nSPS) is 17.7. The first kappa shape index (κ1) is 20.8. The van der Waals surface area contributed by atoms with E-state index in [9.17, 15) is 0 Å². The van der Waals surface area contributed by atoms with E-state index >= 15 is 0 Å². The Balaban J connectivity index is 1.63. The van der Waals surface area contributed by atoms with Crippen LogP contribution in [-0.2, 0) is 5.41 Å². The van der Waals surface area contributed by atoms with Crippen molar-refractivity contribution in [3.8, 4) is 11.4 Å².